The highest BCUT2D eigenvalue weighted by atomic mass is 35.5. The molecule has 1 atom stereocenters. The van der Waals surface area contributed by atoms with E-state index in [2.05, 4.69) is 0 Å². The molecular formula is C19H24ClNO2. The molecule has 3 nitrogen and oxygen atoms in total. The van der Waals surface area contributed by atoms with Crippen molar-refractivity contribution in [2.75, 3.05) is 13.1 Å². The molecule has 0 saturated heterocycles. The molecule has 0 fully saturated rings. The molecule has 0 saturated carbocycles. The number of rotatable bonds is 7. The van der Waals surface area contributed by atoms with Gasteiger partial charge in [-0.1, -0.05) is 48.0 Å². The first-order valence-corrected chi connectivity index (χ1v) is 7.73. The molecule has 2 aromatic carbocycles. The van der Waals surface area contributed by atoms with Crippen molar-refractivity contribution in [1.29, 1.82) is 0 Å². The van der Waals surface area contributed by atoms with Crippen LogP contribution in [-0.2, 0) is 0 Å². The number of aryl methyl sites for hydroxylation is 2. The maximum atomic E-state index is 12.2. The Bertz CT molecular complexity index is 629. The minimum Gasteiger partial charge on any atom is -1.00 e. The molecule has 0 aliphatic heterocycles. The Morgan fingerprint density at radius 1 is 1.13 bits per heavy atom. The Balaban J connectivity index is 0.00000264. The fraction of sp³-hybridized carbons (Fsp3) is 0.316. The van der Waals surface area contributed by atoms with Gasteiger partial charge in [0, 0.05) is 5.56 Å². The minimum absolute atomic E-state index is 0. The first kappa shape index (κ1) is 19.4. The summed E-state index contributed by atoms with van der Waals surface area (Å²) in [6.45, 7) is 5.23. The van der Waals surface area contributed by atoms with Gasteiger partial charge in [-0.3, -0.25) is 4.79 Å². The first-order chi connectivity index (χ1) is 10.6. The van der Waals surface area contributed by atoms with Crippen molar-refractivity contribution in [2.45, 2.75) is 26.4 Å². The standard InChI is InChI=1S/C19H23NO2.ClH/c1-14-8-9-15(2)17(12-14)18(21)10-11-20-13-19(22)16-6-4-3-5-7-16;/h3-9,12,19-20,22H,10-11,13H2,1-2H3;1H. The molecule has 2 rings (SSSR count). The molecule has 3 N–H and O–H groups in total. The van der Waals surface area contributed by atoms with E-state index in [0.717, 1.165) is 22.3 Å². The van der Waals surface area contributed by atoms with E-state index >= 15 is 0 Å². The summed E-state index contributed by atoms with van der Waals surface area (Å²) in [7, 11) is 0. The summed E-state index contributed by atoms with van der Waals surface area (Å²) in [4.78, 5) is 12.2. The number of carbonyl (C=O) groups excluding carboxylic acids is 1. The summed E-state index contributed by atoms with van der Waals surface area (Å²) in [5.41, 5.74) is 3.87. The van der Waals surface area contributed by atoms with Crippen molar-refractivity contribution in [1.82, 2.24) is 0 Å². The summed E-state index contributed by atoms with van der Waals surface area (Å²) < 4.78 is 0. The minimum atomic E-state index is -0.489. The normalized spacial score (nSPS) is 11.6. The number of nitrogens with two attached hydrogens (primary N) is 1. The lowest BCUT2D eigenvalue weighted by molar-refractivity contribution is -0.660. The molecule has 0 aliphatic carbocycles. The number of quaternary nitrogens is 1. The number of hydrogen-bond donors (Lipinski definition) is 2. The van der Waals surface area contributed by atoms with E-state index in [0.29, 0.717) is 19.5 Å². The second-order valence-corrected chi connectivity index (χ2v) is 5.73. The largest absolute Gasteiger partial charge is 1.00 e. The fourth-order valence-electron chi connectivity index (χ4n) is 2.49. The molecule has 1 unspecified atom stereocenters. The summed E-state index contributed by atoms with van der Waals surface area (Å²) in [6, 6.07) is 15.6. The second kappa shape index (κ2) is 9.46. The predicted molar refractivity (Wildman–Crippen MR) is 87.9 cm³/mol. The number of carbonyl (C=O) groups is 1. The van der Waals surface area contributed by atoms with Gasteiger partial charge in [0.25, 0.3) is 0 Å². The zero-order valence-electron chi connectivity index (χ0n) is 13.6. The maximum Gasteiger partial charge on any atom is 0.168 e. The van der Waals surface area contributed by atoms with Gasteiger partial charge in [0.05, 0.1) is 13.0 Å². The monoisotopic (exact) mass is 333 g/mol. The van der Waals surface area contributed by atoms with Crippen LogP contribution in [0.3, 0.4) is 0 Å². The maximum absolute atomic E-state index is 12.2. The Hall–Kier alpha value is -1.68. The van der Waals surface area contributed by atoms with Gasteiger partial charge < -0.3 is 22.8 Å². The lowest BCUT2D eigenvalue weighted by atomic mass is 10.0. The SMILES string of the molecule is Cc1ccc(C)c(C(=O)CC[NH2+]CC(O)c2ccccc2)c1.[Cl-]. The molecule has 23 heavy (non-hydrogen) atoms. The van der Waals surface area contributed by atoms with Crippen LogP contribution >= 0.6 is 0 Å². The van der Waals surface area contributed by atoms with Crippen molar-refractivity contribution in [2.24, 2.45) is 0 Å². The van der Waals surface area contributed by atoms with Gasteiger partial charge >= 0.3 is 0 Å². The van der Waals surface area contributed by atoms with Gasteiger partial charge in [-0.05, 0) is 31.0 Å². The lowest BCUT2D eigenvalue weighted by Crippen LogP contribution is -3.00. The second-order valence-electron chi connectivity index (χ2n) is 5.73. The number of Topliss-reactive ketones (excluding diaryl/α,β-unsaturated/α-hetero) is 1. The topological polar surface area (TPSA) is 53.9 Å². The van der Waals surface area contributed by atoms with E-state index in [1.807, 2.05) is 67.7 Å². The highest BCUT2D eigenvalue weighted by Gasteiger charge is 2.12. The highest BCUT2D eigenvalue weighted by Crippen LogP contribution is 2.12. The molecule has 0 aromatic heterocycles. The third-order valence-corrected chi connectivity index (χ3v) is 3.84. The average molecular weight is 334 g/mol. The number of aliphatic hydroxyl groups excluding tert-OH is 1. The van der Waals surface area contributed by atoms with Gasteiger partial charge in [-0.2, -0.15) is 0 Å². The Morgan fingerprint density at radius 3 is 2.52 bits per heavy atom. The number of aliphatic hydroxyl groups is 1. The molecule has 0 spiro atoms. The van der Waals surface area contributed by atoms with E-state index in [4.69, 9.17) is 0 Å². The predicted octanol–water partition coefficient (Wildman–Crippen LogP) is -0.823. The van der Waals surface area contributed by atoms with Gasteiger partial charge in [0.2, 0.25) is 0 Å². The summed E-state index contributed by atoms with van der Waals surface area (Å²) in [6.07, 6.45) is 0.00299. The van der Waals surface area contributed by atoms with Crippen LogP contribution in [0, 0.1) is 13.8 Å². The third-order valence-electron chi connectivity index (χ3n) is 3.84. The molecule has 0 aliphatic rings. The molecule has 0 heterocycles. The summed E-state index contributed by atoms with van der Waals surface area (Å²) in [5.74, 6) is 0.173. The zero-order chi connectivity index (χ0) is 15.9. The van der Waals surface area contributed by atoms with Crippen molar-refractivity contribution in [3.63, 3.8) is 0 Å². The molecule has 0 amide bonds. The van der Waals surface area contributed by atoms with Crippen LogP contribution in [0.5, 0.6) is 0 Å². The van der Waals surface area contributed by atoms with E-state index in [9.17, 15) is 9.90 Å². The van der Waals surface area contributed by atoms with Crippen LogP contribution in [0.2, 0.25) is 0 Å². The van der Waals surface area contributed by atoms with Crippen molar-refractivity contribution in [3.05, 3.63) is 70.8 Å². The molecule has 0 bridgehead atoms. The van der Waals surface area contributed by atoms with Crippen molar-refractivity contribution < 1.29 is 27.6 Å². The quantitative estimate of drug-likeness (QED) is 0.514. The fourth-order valence-corrected chi connectivity index (χ4v) is 2.49. The van der Waals surface area contributed by atoms with Gasteiger partial charge in [0.1, 0.15) is 12.6 Å². The van der Waals surface area contributed by atoms with Crippen LogP contribution in [0.15, 0.2) is 48.5 Å². The Morgan fingerprint density at radius 2 is 1.83 bits per heavy atom. The Kier molecular flexibility index (Phi) is 7.96. The summed E-state index contributed by atoms with van der Waals surface area (Å²) >= 11 is 0. The van der Waals surface area contributed by atoms with Gasteiger partial charge in [-0.15, -0.1) is 0 Å². The molecule has 2 aromatic rings. The molecule has 124 valence electrons. The summed E-state index contributed by atoms with van der Waals surface area (Å²) in [5, 5.41) is 12.1. The number of ketones is 1. The van der Waals surface area contributed by atoms with Crippen LogP contribution < -0.4 is 17.7 Å². The van der Waals surface area contributed by atoms with Gasteiger partial charge in [-0.25, -0.2) is 0 Å². The van der Waals surface area contributed by atoms with Crippen LogP contribution in [0.4, 0.5) is 0 Å². The number of hydrogen-bond acceptors (Lipinski definition) is 2. The van der Waals surface area contributed by atoms with Crippen LogP contribution in [-0.4, -0.2) is 24.0 Å². The zero-order valence-corrected chi connectivity index (χ0v) is 14.4. The van der Waals surface area contributed by atoms with E-state index < -0.39 is 6.10 Å². The lowest BCUT2D eigenvalue weighted by Gasteiger charge is -2.10. The Labute approximate surface area is 144 Å². The smallest absolute Gasteiger partial charge is 0.168 e. The first-order valence-electron chi connectivity index (χ1n) is 7.73. The molecule has 0 radical (unpaired) electrons. The van der Waals surface area contributed by atoms with Crippen LogP contribution in [0.25, 0.3) is 0 Å². The van der Waals surface area contributed by atoms with Crippen LogP contribution in [0.1, 0.15) is 39.6 Å². The highest BCUT2D eigenvalue weighted by molar-refractivity contribution is 5.97. The van der Waals surface area contributed by atoms with Crippen molar-refractivity contribution >= 4 is 5.78 Å². The van der Waals surface area contributed by atoms with Crippen molar-refractivity contribution in [3.8, 4) is 0 Å². The van der Waals surface area contributed by atoms with E-state index in [1.165, 1.54) is 0 Å². The van der Waals surface area contributed by atoms with E-state index in [1.54, 1.807) is 0 Å². The average Bonchev–Trinajstić information content (AvgIpc) is 2.54. The number of benzene rings is 2. The molecule has 4 heteroatoms. The third kappa shape index (κ3) is 5.79. The molecular weight excluding hydrogens is 310 g/mol. The number of halogens is 1. The van der Waals surface area contributed by atoms with E-state index in [-0.39, 0.29) is 18.2 Å². The van der Waals surface area contributed by atoms with Gasteiger partial charge in [0.15, 0.2) is 5.78 Å².